The Bertz CT molecular complexity index is 581. The number of hydrogen-bond donors (Lipinski definition) is 0. The predicted octanol–water partition coefficient (Wildman–Crippen LogP) is 3.79. The number of carbonyl (C=O) groups is 1. The van der Waals surface area contributed by atoms with Gasteiger partial charge in [-0.2, -0.15) is 0 Å². The van der Waals surface area contributed by atoms with Gasteiger partial charge in [-0.3, -0.25) is 4.79 Å². The first-order valence-electron chi connectivity index (χ1n) is 8.64. The SMILES string of the molecule is C[C@H]1C2=CC[C@@]3(C)CCC(=O)C=C3[C@@]2(C)CCC12OCCO2. The van der Waals surface area contributed by atoms with Gasteiger partial charge in [-0.05, 0) is 30.8 Å². The Kier molecular flexibility index (Phi) is 3.03. The lowest BCUT2D eigenvalue weighted by Gasteiger charge is -2.56. The summed E-state index contributed by atoms with van der Waals surface area (Å²) in [7, 11) is 0. The van der Waals surface area contributed by atoms with Crippen LogP contribution in [0, 0.1) is 16.7 Å². The molecule has 0 radical (unpaired) electrons. The van der Waals surface area contributed by atoms with Gasteiger partial charge in [-0.15, -0.1) is 0 Å². The summed E-state index contributed by atoms with van der Waals surface area (Å²) in [6.45, 7) is 8.31. The predicted molar refractivity (Wildman–Crippen MR) is 84.3 cm³/mol. The maximum absolute atomic E-state index is 12.1. The van der Waals surface area contributed by atoms with E-state index in [4.69, 9.17) is 9.47 Å². The summed E-state index contributed by atoms with van der Waals surface area (Å²) in [5, 5.41) is 0. The van der Waals surface area contributed by atoms with E-state index in [-0.39, 0.29) is 16.7 Å². The average molecular weight is 302 g/mol. The molecule has 4 aliphatic rings. The molecule has 0 amide bonds. The number of carbonyl (C=O) groups excluding carboxylic acids is 1. The number of fused-ring (bicyclic) bond motifs is 3. The second-order valence-electron chi connectivity index (χ2n) is 8.01. The van der Waals surface area contributed by atoms with Crippen molar-refractivity contribution in [2.45, 2.75) is 58.7 Å². The Morgan fingerprint density at radius 3 is 2.59 bits per heavy atom. The highest BCUT2D eigenvalue weighted by molar-refractivity contribution is 5.92. The quantitative estimate of drug-likeness (QED) is 0.639. The number of allylic oxidation sites excluding steroid dienone is 3. The molecule has 0 bridgehead atoms. The van der Waals surface area contributed by atoms with Crippen LogP contribution in [0.15, 0.2) is 23.3 Å². The molecule has 4 rings (SSSR count). The maximum Gasteiger partial charge on any atom is 0.174 e. The first kappa shape index (κ1) is 14.6. The molecular weight excluding hydrogens is 276 g/mol. The fourth-order valence-corrected chi connectivity index (χ4v) is 5.37. The van der Waals surface area contributed by atoms with Crippen molar-refractivity contribution in [1.82, 2.24) is 0 Å². The smallest absolute Gasteiger partial charge is 0.174 e. The van der Waals surface area contributed by atoms with Crippen molar-refractivity contribution < 1.29 is 14.3 Å². The number of ketones is 1. The van der Waals surface area contributed by atoms with Gasteiger partial charge in [0, 0.05) is 24.2 Å². The van der Waals surface area contributed by atoms with Gasteiger partial charge in [-0.1, -0.05) is 38.0 Å². The molecule has 0 aromatic carbocycles. The highest BCUT2D eigenvalue weighted by atomic mass is 16.7. The van der Waals surface area contributed by atoms with Gasteiger partial charge in [0.25, 0.3) is 0 Å². The minimum absolute atomic E-state index is 0.00303. The zero-order chi connectivity index (χ0) is 15.6. The summed E-state index contributed by atoms with van der Waals surface area (Å²) in [5.41, 5.74) is 2.96. The Morgan fingerprint density at radius 1 is 1.14 bits per heavy atom. The van der Waals surface area contributed by atoms with Crippen molar-refractivity contribution in [3.05, 3.63) is 23.3 Å². The summed E-state index contributed by atoms with van der Waals surface area (Å²) in [6, 6.07) is 0. The molecule has 1 saturated carbocycles. The topological polar surface area (TPSA) is 35.5 Å². The number of ether oxygens (including phenoxy) is 2. The summed E-state index contributed by atoms with van der Waals surface area (Å²) < 4.78 is 12.0. The van der Waals surface area contributed by atoms with Crippen LogP contribution in [0.1, 0.15) is 52.9 Å². The van der Waals surface area contributed by atoms with Crippen LogP contribution >= 0.6 is 0 Å². The molecular formula is C19H26O3. The van der Waals surface area contributed by atoms with E-state index < -0.39 is 5.79 Å². The average Bonchev–Trinajstić information content (AvgIpc) is 2.96. The van der Waals surface area contributed by atoms with Crippen LogP contribution in [-0.4, -0.2) is 24.8 Å². The summed E-state index contributed by atoms with van der Waals surface area (Å²) in [6.07, 6.45) is 9.06. The summed E-state index contributed by atoms with van der Waals surface area (Å²) in [4.78, 5) is 12.1. The van der Waals surface area contributed by atoms with E-state index in [2.05, 4.69) is 26.8 Å². The van der Waals surface area contributed by atoms with Gasteiger partial charge in [0.2, 0.25) is 0 Å². The van der Waals surface area contributed by atoms with E-state index in [1.54, 1.807) is 0 Å². The van der Waals surface area contributed by atoms with E-state index in [1.807, 2.05) is 6.08 Å². The minimum Gasteiger partial charge on any atom is -0.347 e. The zero-order valence-electron chi connectivity index (χ0n) is 13.9. The van der Waals surface area contributed by atoms with Crippen LogP contribution < -0.4 is 0 Å². The Hall–Kier alpha value is -0.930. The molecule has 1 spiro atoms. The third-order valence-electron chi connectivity index (χ3n) is 6.76. The minimum atomic E-state index is -0.418. The standard InChI is InChI=1S/C19H26O3/c1-13-15-5-7-17(2)6-4-14(20)12-16(17)18(15,3)8-9-19(13)21-10-11-22-19/h5,12-13H,4,6-11H2,1-3H3/t13-,17+,18-/m0/s1. The van der Waals surface area contributed by atoms with Gasteiger partial charge in [0.15, 0.2) is 11.6 Å². The molecule has 0 N–H and O–H groups in total. The molecule has 22 heavy (non-hydrogen) atoms. The molecule has 2 fully saturated rings. The van der Waals surface area contributed by atoms with Crippen LogP contribution in [0.4, 0.5) is 0 Å². The Morgan fingerprint density at radius 2 is 1.86 bits per heavy atom. The van der Waals surface area contributed by atoms with Gasteiger partial charge in [0.05, 0.1) is 13.2 Å². The first-order valence-corrected chi connectivity index (χ1v) is 8.64. The molecule has 3 heteroatoms. The summed E-state index contributed by atoms with van der Waals surface area (Å²) >= 11 is 0. The van der Waals surface area contributed by atoms with E-state index in [0.29, 0.717) is 25.4 Å². The van der Waals surface area contributed by atoms with Crippen molar-refractivity contribution in [2.24, 2.45) is 16.7 Å². The van der Waals surface area contributed by atoms with Crippen LogP contribution in [0.2, 0.25) is 0 Å². The molecule has 0 aromatic rings. The van der Waals surface area contributed by atoms with Crippen LogP contribution in [0.5, 0.6) is 0 Å². The molecule has 0 unspecified atom stereocenters. The van der Waals surface area contributed by atoms with Crippen molar-refractivity contribution >= 4 is 5.78 Å². The van der Waals surface area contributed by atoms with Crippen LogP contribution in [-0.2, 0) is 14.3 Å². The highest BCUT2D eigenvalue weighted by Gasteiger charge is 2.57. The van der Waals surface area contributed by atoms with Gasteiger partial charge in [-0.25, -0.2) is 0 Å². The van der Waals surface area contributed by atoms with Gasteiger partial charge < -0.3 is 9.47 Å². The van der Waals surface area contributed by atoms with Gasteiger partial charge in [0.1, 0.15) is 0 Å². The third-order valence-corrected chi connectivity index (χ3v) is 6.76. The van der Waals surface area contributed by atoms with Crippen molar-refractivity contribution in [1.29, 1.82) is 0 Å². The second-order valence-corrected chi connectivity index (χ2v) is 8.01. The largest absolute Gasteiger partial charge is 0.347 e. The van der Waals surface area contributed by atoms with E-state index >= 15 is 0 Å². The number of hydrogen-bond acceptors (Lipinski definition) is 3. The highest BCUT2D eigenvalue weighted by Crippen LogP contribution is 2.62. The molecule has 3 aliphatic carbocycles. The zero-order valence-corrected chi connectivity index (χ0v) is 13.9. The van der Waals surface area contributed by atoms with Crippen LogP contribution in [0.3, 0.4) is 0 Å². The monoisotopic (exact) mass is 302 g/mol. The molecule has 3 atom stereocenters. The van der Waals surface area contributed by atoms with Crippen LogP contribution in [0.25, 0.3) is 0 Å². The molecule has 1 heterocycles. The Labute approximate surface area is 132 Å². The first-order chi connectivity index (χ1) is 10.4. The van der Waals surface area contributed by atoms with Gasteiger partial charge >= 0.3 is 0 Å². The Balaban J connectivity index is 1.79. The van der Waals surface area contributed by atoms with Crippen molar-refractivity contribution in [3.8, 4) is 0 Å². The van der Waals surface area contributed by atoms with E-state index in [9.17, 15) is 4.79 Å². The van der Waals surface area contributed by atoms with E-state index in [0.717, 1.165) is 25.7 Å². The maximum atomic E-state index is 12.1. The fourth-order valence-electron chi connectivity index (χ4n) is 5.37. The third kappa shape index (κ3) is 1.78. The molecule has 120 valence electrons. The lowest BCUT2D eigenvalue weighted by Crippen LogP contribution is -2.51. The lowest BCUT2D eigenvalue weighted by atomic mass is 9.50. The van der Waals surface area contributed by atoms with Crippen molar-refractivity contribution in [2.75, 3.05) is 13.2 Å². The van der Waals surface area contributed by atoms with Crippen molar-refractivity contribution in [3.63, 3.8) is 0 Å². The molecule has 1 aliphatic heterocycles. The fraction of sp³-hybridized carbons (Fsp3) is 0.737. The van der Waals surface area contributed by atoms with E-state index in [1.165, 1.54) is 11.1 Å². The normalized spacial score (nSPS) is 43.4. The lowest BCUT2D eigenvalue weighted by molar-refractivity contribution is -0.204. The molecule has 3 nitrogen and oxygen atoms in total. The number of rotatable bonds is 0. The second kappa shape index (κ2) is 4.55. The summed E-state index contributed by atoms with van der Waals surface area (Å²) in [5.74, 6) is 0.144. The molecule has 1 saturated heterocycles. The molecule has 0 aromatic heterocycles.